The number of hydrogen-bond donors (Lipinski definition) is 1. The molecule has 0 aliphatic rings. The minimum absolute atomic E-state index is 0.475. The molecule has 25 heavy (non-hydrogen) atoms. The maximum absolute atomic E-state index is 6.29. The molecule has 0 spiro atoms. The highest BCUT2D eigenvalue weighted by Crippen LogP contribution is 2.33. The molecule has 1 aromatic carbocycles. The second-order valence-corrected chi connectivity index (χ2v) is 6.29. The number of aromatic nitrogens is 2. The fourth-order valence-corrected chi connectivity index (χ4v) is 3.07. The fraction of sp³-hybridized carbons (Fsp3) is 0.381. The van der Waals surface area contributed by atoms with Gasteiger partial charge in [-0.15, -0.1) is 0 Å². The molecule has 0 unspecified atom stereocenters. The lowest BCUT2D eigenvalue weighted by Crippen LogP contribution is -2.03. The van der Waals surface area contributed by atoms with Gasteiger partial charge in [-0.1, -0.05) is 31.5 Å². The molecular weight excluding hydrogens is 312 g/mol. The van der Waals surface area contributed by atoms with E-state index < -0.39 is 0 Å². The van der Waals surface area contributed by atoms with Crippen LogP contribution < -0.4 is 9.47 Å². The van der Waals surface area contributed by atoms with Gasteiger partial charge in [0.1, 0.15) is 23.6 Å². The van der Waals surface area contributed by atoms with Crippen LogP contribution in [0.3, 0.4) is 0 Å². The van der Waals surface area contributed by atoms with Crippen LogP contribution in [-0.4, -0.2) is 16.6 Å². The predicted octanol–water partition coefficient (Wildman–Crippen LogP) is 5.11. The molecule has 3 rings (SSSR count). The van der Waals surface area contributed by atoms with Crippen LogP contribution in [-0.2, 0) is 13.0 Å². The van der Waals surface area contributed by atoms with Crippen molar-refractivity contribution < 1.29 is 9.47 Å². The van der Waals surface area contributed by atoms with Crippen molar-refractivity contribution in [1.82, 2.24) is 9.97 Å². The Morgan fingerprint density at radius 3 is 2.60 bits per heavy atom. The minimum atomic E-state index is 0.475. The highest BCUT2D eigenvalue weighted by atomic mass is 16.5. The predicted molar refractivity (Wildman–Crippen MR) is 102 cm³/mol. The number of ether oxygens (including phenoxy) is 2. The molecule has 4 heteroatoms. The van der Waals surface area contributed by atoms with E-state index in [1.165, 1.54) is 5.56 Å². The zero-order chi connectivity index (χ0) is 17.8. The van der Waals surface area contributed by atoms with Gasteiger partial charge in [0, 0.05) is 23.0 Å². The van der Waals surface area contributed by atoms with E-state index in [1.54, 1.807) is 0 Å². The second-order valence-electron chi connectivity index (χ2n) is 6.29. The van der Waals surface area contributed by atoms with Crippen LogP contribution in [0.25, 0.3) is 11.0 Å². The number of fused-ring (bicyclic) bond motifs is 1. The summed E-state index contributed by atoms with van der Waals surface area (Å²) in [5, 5.41) is 0. The van der Waals surface area contributed by atoms with E-state index in [2.05, 4.69) is 30.7 Å². The first-order valence-electron chi connectivity index (χ1n) is 8.95. The van der Waals surface area contributed by atoms with Crippen molar-refractivity contribution in [2.75, 3.05) is 6.61 Å². The smallest absolute Gasteiger partial charge is 0.150 e. The Labute approximate surface area is 149 Å². The van der Waals surface area contributed by atoms with Gasteiger partial charge in [0.05, 0.1) is 12.1 Å². The molecule has 1 N–H and O–H groups in total. The molecule has 0 fully saturated rings. The Morgan fingerprint density at radius 2 is 1.84 bits per heavy atom. The van der Waals surface area contributed by atoms with Crippen molar-refractivity contribution in [1.29, 1.82) is 0 Å². The van der Waals surface area contributed by atoms with Crippen molar-refractivity contribution in [3.8, 4) is 11.5 Å². The monoisotopic (exact) mass is 338 g/mol. The summed E-state index contributed by atoms with van der Waals surface area (Å²) in [6, 6.07) is 8.03. The van der Waals surface area contributed by atoms with Crippen LogP contribution in [0.2, 0.25) is 0 Å². The quantitative estimate of drug-likeness (QED) is 0.651. The molecule has 0 saturated heterocycles. The Balaban J connectivity index is 1.97. The highest BCUT2D eigenvalue weighted by Gasteiger charge is 2.16. The van der Waals surface area contributed by atoms with E-state index in [0.717, 1.165) is 52.2 Å². The summed E-state index contributed by atoms with van der Waals surface area (Å²) >= 11 is 0. The molecule has 4 nitrogen and oxygen atoms in total. The van der Waals surface area contributed by atoms with E-state index in [0.29, 0.717) is 13.2 Å². The van der Waals surface area contributed by atoms with Crippen LogP contribution >= 0.6 is 0 Å². The number of benzene rings is 1. The Hall–Kier alpha value is -2.49. The average Bonchev–Trinajstić information content (AvgIpc) is 2.90. The number of hydrogen-bond acceptors (Lipinski definition) is 3. The summed E-state index contributed by atoms with van der Waals surface area (Å²) < 4.78 is 12.0. The molecule has 0 aliphatic heterocycles. The highest BCUT2D eigenvalue weighted by molar-refractivity contribution is 5.86. The first-order valence-corrected chi connectivity index (χ1v) is 8.95. The van der Waals surface area contributed by atoms with Gasteiger partial charge in [0.15, 0.2) is 0 Å². The Morgan fingerprint density at radius 1 is 1.04 bits per heavy atom. The fourth-order valence-electron chi connectivity index (χ4n) is 3.07. The number of nitrogens with one attached hydrogen (secondary N) is 1. The number of H-pyrrole nitrogens is 1. The van der Waals surface area contributed by atoms with Gasteiger partial charge in [0.25, 0.3) is 0 Å². The maximum atomic E-state index is 6.29. The average molecular weight is 338 g/mol. The Bertz CT molecular complexity index is 868. The lowest BCUT2D eigenvalue weighted by atomic mass is 10.1. The first kappa shape index (κ1) is 17.3. The Kier molecular flexibility index (Phi) is 5.27. The summed E-state index contributed by atoms with van der Waals surface area (Å²) in [5.74, 6) is 1.79. The van der Waals surface area contributed by atoms with Crippen molar-refractivity contribution in [3.63, 3.8) is 0 Å². The van der Waals surface area contributed by atoms with Gasteiger partial charge in [0.2, 0.25) is 0 Å². The summed E-state index contributed by atoms with van der Waals surface area (Å²) in [6.07, 6.45) is 3.95. The molecule has 0 bridgehead atoms. The zero-order valence-electron chi connectivity index (χ0n) is 15.5. The molecule has 2 aromatic heterocycles. The molecular formula is C21H26N2O2. The van der Waals surface area contributed by atoms with Crippen molar-refractivity contribution in [2.24, 2.45) is 0 Å². The second kappa shape index (κ2) is 7.60. The number of rotatable bonds is 7. The van der Waals surface area contributed by atoms with Gasteiger partial charge in [-0.2, -0.15) is 0 Å². The van der Waals surface area contributed by atoms with Crippen LogP contribution in [0, 0.1) is 13.8 Å². The summed E-state index contributed by atoms with van der Waals surface area (Å²) in [6.45, 7) is 9.45. The van der Waals surface area contributed by atoms with Crippen molar-refractivity contribution in [3.05, 3.63) is 52.8 Å². The molecule has 132 valence electrons. The zero-order valence-corrected chi connectivity index (χ0v) is 15.5. The summed E-state index contributed by atoms with van der Waals surface area (Å²) in [7, 11) is 0. The molecule has 3 aromatic rings. The van der Waals surface area contributed by atoms with E-state index in [1.807, 2.05) is 37.4 Å². The third kappa shape index (κ3) is 3.48. The van der Waals surface area contributed by atoms with E-state index in [-0.39, 0.29) is 0 Å². The van der Waals surface area contributed by atoms with Crippen LogP contribution in [0.1, 0.15) is 42.7 Å². The van der Waals surface area contributed by atoms with Gasteiger partial charge in [-0.3, -0.25) is 4.98 Å². The van der Waals surface area contributed by atoms with Crippen molar-refractivity contribution in [2.45, 2.75) is 47.1 Å². The van der Waals surface area contributed by atoms with E-state index in [4.69, 9.17) is 9.47 Å². The molecule has 0 amide bonds. The summed E-state index contributed by atoms with van der Waals surface area (Å²) in [4.78, 5) is 8.10. The molecule has 0 radical (unpaired) electrons. The lowest BCUT2D eigenvalue weighted by molar-refractivity contribution is 0.286. The number of nitrogens with zero attached hydrogens (tertiary/aromatic N) is 1. The third-order valence-electron chi connectivity index (χ3n) is 4.50. The van der Waals surface area contributed by atoms with Crippen LogP contribution in [0.5, 0.6) is 11.5 Å². The topological polar surface area (TPSA) is 47.1 Å². The number of aryl methyl sites for hydroxylation is 3. The lowest BCUT2D eigenvalue weighted by Gasteiger charge is -2.14. The largest absolute Gasteiger partial charge is 0.493 e. The number of para-hydroxylation sites is 1. The van der Waals surface area contributed by atoms with E-state index >= 15 is 0 Å². The third-order valence-corrected chi connectivity index (χ3v) is 4.50. The normalized spacial score (nSPS) is 11.0. The van der Waals surface area contributed by atoms with Crippen LogP contribution in [0.15, 0.2) is 30.5 Å². The van der Waals surface area contributed by atoms with Crippen molar-refractivity contribution >= 4 is 11.0 Å². The van der Waals surface area contributed by atoms with Gasteiger partial charge >= 0.3 is 0 Å². The molecule has 0 atom stereocenters. The molecule has 0 saturated carbocycles. The number of aromatic amines is 1. The standard InChI is InChI=1S/C21H26N2O2/c1-5-9-16-12-22-19-14(3)15(4)23-20(19)21(16)25-13-17-10-7-8-11-18(17)24-6-2/h7-8,10-12,23H,5-6,9,13H2,1-4H3. The van der Waals surface area contributed by atoms with E-state index in [9.17, 15) is 0 Å². The van der Waals surface area contributed by atoms with Gasteiger partial charge in [-0.25, -0.2) is 0 Å². The van der Waals surface area contributed by atoms with Crippen LogP contribution in [0.4, 0.5) is 0 Å². The minimum Gasteiger partial charge on any atom is -0.493 e. The summed E-state index contributed by atoms with van der Waals surface area (Å²) in [5.41, 5.74) is 6.50. The maximum Gasteiger partial charge on any atom is 0.150 e. The van der Waals surface area contributed by atoms with Gasteiger partial charge in [-0.05, 0) is 38.8 Å². The SMILES string of the molecule is CCCc1cnc2c(C)c(C)[nH]c2c1OCc1ccccc1OCC. The molecule has 2 heterocycles. The number of pyridine rings is 1. The van der Waals surface area contributed by atoms with Gasteiger partial charge < -0.3 is 14.5 Å². The first-order chi connectivity index (χ1) is 12.2. The molecule has 0 aliphatic carbocycles.